The number of hydrogen-bond donors (Lipinski definition) is 1. The minimum Gasteiger partial charge on any atom is -0.475 e. The van der Waals surface area contributed by atoms with Crippen molar-refractivity contribution in [2.75, 3.05) is 0 Å². The van der Waals surface area contributed by atoms with E-state index in [0.717, 1.165) is 0 Å². The first-order valence-electron chi connectivity index (χ1n) is 0.882. The quantitative estimate of drug-likeness (QED) is 0.412. The average molecular weight is 73.0 g/mol. The molecule has 27 valence electrons. The fourth-order valence-corrected chi connectivity index (χ4v) is 0. The molecule has 0 aliphatic heterocycles. The summed E-state index contributed by atoms with van der Waals surface area (Å²) in [5.74, 6) is -1.55. The van der Waals surface area contributed by atoms with Gasteiger partial charge in [0.2, 0.25) is 0 Å². The average Bonchev–Trinajstić information content (AvgIpc) is 1.38. The molecule has 0 bridgehead atoms. The largest absolute Gasteiger partial charge is 0.475 e. The SMILES string of the molecule is O=[C]C(=O)O. The first-order chi connectivity index (χ1) is 2.27. The van der Waals surface area contributed by atoms with Crippen LogP contribution >= 0.6 is 0 Å². The number of hydrogen-bond acceptors (Lipinski definition) is 2. The zero-order valence-electron chi connectivity index (χ0n) is 2.26. The molecule has 0 aromatic rings. The maximum absolute atomic E-state index is 8.94. The number of aliphatic carboxylic acids is 1. The molecule has 0 aliphatic rings. The third-order valence-corrected chi connectivity index (χ3v) is 0.0873. The van der Waals surface area contributed by atoms with E-state index in [1.54, 1.807) is 0 Å². The van der Waals surface area contributed by atoms with Gasteiger partial charge in [-0.3, -0.25) is 4.79 Å². The highest BCUT2D eigenvalue weighted by Gasteiger charge is 1.84. The maximum Gasteiger partial charge on any atom is 0.381 e. The molecular formula is C2HO3. The lowest BCUT2D eigenvalue weighted by Gasteiger charge is -1.57. The summed E-state index contributed by atoms with van der Waals surface area (Å²) in [6.45, 7) is 0. The Bertz CT molecular complexity index is 55.9. The highest BCUT2D eigenvalue weighted by molar-refractivity contribution is 6.19. The summed E-state index contributed by atoms with van der Waals surface area (Å²) in [5.41, 5.74) is 0. The second-order valence-electron chi connectivity index (χ2n) is 0.407. The van der Waals surface area contributed by atoms with E-state index in [4.69, 9.17) is 14.7 Å². The lowest BCUT2D eigenvalue weighted by Crippen LogP contribution is -1.91. The van der Waals surface area contributed by atoms with Crippen LogP contribution in [0.15, 0.2) is 0 Å². The topological polar surface area (TPSA) is 54.4 Å². The van der Waals surface area contributed by atoms with E-state index in [0.29, 0.717) is 6.29 Å². The van der Waals surface area contributed by atoms with Crippen LogP contribution in [-0.2, 0) is 9.59 Å². The summed E-state index contributed by atoms with van der Waals surface area (Å²) >= 11 is 0. The third-order valence-electron chi connectivity index (χ3n) is 0.0873. The normalized spacial score (nSPS) is 6.40. The van der Waals surface area contributed by atoms with E-state index in [2.05, 4.69) is 0 Å². The number of rotatable bonds is 1. The molecule has 0 saturated heterocycles. The molecule has 3 heteroatoms. The Kier molecular flexibility index (Phi) is 1.21. The van der Waals surface area contributed by atoms with E-state index >= 15 is 0 Å². The molecule has 0 saturated carbocycles. The Morgan fingerprint density at radius 3 is 2.00 bits per heavy atom. The molecule has 5 heavy (non-hydrogen) atoms. The van der Waals surface area contributed by atoms with Crippen LogP contribution in [0.2, 0.25) is 0 Å². The van der Waals surface area contributed by atoms with Crippen molar-refractivity contribution in [3.63, 3.8) is 0 Å². The fourth-order valence-electron chi connectivity index (χ4n) is 0. The minimum atomic E-state index is -1.55. The van der Waals surface area contributed by atoms with Gasteiger partial charge in [-0.2, -0.15) is 0 Å². The van der Waals surface area contributed by atoms with Crippen molar-refractivity contribution in [3.8, 4) is 0 Å². The van der Waals surface area contributed by atoms with Crippen LogP contribution in [-0.4, -0.2) is 17.4 Å². The van der Waals surface area contributed by atoms with E-state index in [1.165, 1.54) is 0 Å². The zero-order chi connectivity index (χ0) is 4.28. The predicted molar refractivity (Wildman–Crippen MR) is 13.3 cm³/mol. The van der Waals surface area contributed by atoms with Crippen LogP contribution in [0.4, 0.5) is 0 Å². The number of carbonyl (C=O) groups is 1. The first kappa shape index (κ1) is 4.14. The van der Waals surface area contributed by atoms with Gasteiger partial charge >= 0.3 is 12.3 Å². The van der Waals surface area contributed by atoms with Gasteiger partial charge in [0.1, 0.15) is 0 Å². The Hall–Kier alpha value is -0.860. The van der Waals surface area contributed by atoms with Gasteiger partial charge in [0.25, 0.3) is 0 Å². The lowest BCUT2D eigenvalue weighted by atomic mass is 10.8. The van der Waals surface area contributed by atoms with Crippen molar-refractivity contribution >= 4 is 12.3 Å². The van der Waals surface area contributed by atoms with Gasteiger partial charge in [0.05, 0.1) is 0 Å². The van der Waals surface area contributed by atoms with Gasteiger partial charge in [-0.15, -0.1) is 0 Å². The van der Waals surface area contributed by atoms with Crippen molar-refractivity contribution in [1.82, 2.24) is 0 Å². The van der Waals surface area contributed by atoms with Gasteiger partial charge in [-0.1, -0.05) is 0 Å². The molecule has 0 aliphatic carbocycles. The van der Waals surface area contributed by atoms with Gasteiger partial charge in [0, 0.05) is 0 Å². The predicted octanol–water partition coefficient (Wildman–Crippen LogP) is -0.819. The molecule has 3 nitrogen and oxygen atoms in total. The number of carboxylic acid groups (broad SMARTS) is 1. The molecule has 0 aromatic carbocycles. The Morgan fingerprint density at radius 2 is 2.00 bits per heavy atom. The summed E-state index contributed by atoms with van der Waals surface area (Å²) in [6, 6.07) is 0. The third kappa shape index (κ3) is 3.14. The van der Waals surface area contributed by atoms with Crippen molar-refractivity contribution in [3.05, 3.63) is 0 Å². The summed E-state index contributed by atoms with van der Waals surface area (Å²) in [6.07, 6.45) is 0.694. The second kappa shape index (κ2) is 1.46. The maximum atomic E-state index is 8.94. The summed E-state index contributed by atoms with van der Waals surface area (Å²) in [4.78, 5) is 17.7. The number of carbonyl (C=O) groups excluding carboxylic acids is 1. The number of carboxylic acids is 1. The Balaban J connectivity index is 3.20. The molecular weight excluding hydrogens is 72.0 g/mol. The summed E-state index contributed by atoms with van der Waals surface area (Å²) < 4.78 is 0. The van der Waals surface area contributed by atoms with Crippen LogP contribution < -0.4 is 0 Å². The van der Waals surface area contributed by atoms with E-state index in [-0.39, 0.29) is 0 Å². The standard InChI is InChI=1S/C2HO3/c3-1-2(4)5/h(H,4,5). The van der Waals surface area contributed by atoms with Crippen LogP contribution in [0.25, 0.3) is 0 Å². The van der Waals surface area contributed by atoms with Gasteiger partial charge in [0.15, 0.2) is 0 Å². The van der Waals surface area contributed by atoms with Crippen LogP contribution in [0.5, 0.6) is 0 Å². The molecule has 1 N–H and O–H groups in total. The van der Waals surface area contributed by atoms with Crippen LogP contribution in [0.1, 0.15) is 0 Å². The molecule has 0 spiro atoms. The van der Waals surface area contributed by atoms with Crippen molar-refractivity contribution in [1.29, 1.82) is 0 Å². The van der Waals surface area contributed by atoms with E-state index in [9.17, 15) is 0 Å². The van der Waals surface area contributed by atoms with Gasteiger partial charge < -0.3 is 5.11 Å². The summed E-state index contributed by atoms with van der Waals surface area (Å²) in [5, 5.41) is 7.30. The Labute approximate surface area is 28.2 Å². The lowest BCUT2D eigenvalue weighted by molar-refractivity contribution is -0.129. The highest BCUT2D eigenvalue weighted by atomic mass is 16.4. The van der Waals surface area contributed by atoms with Crippen molar-refractivity contribution in [2.24, 2.45) is 0 Å². The van der Waals surface area contributed by atoms with Crippen LogP contribution in [0, 0.1) is 0 Å². The van der Waals surface area contributed by atoms with Gasteiger partial charge in [-0.05, 0) is 0 Å². The Morgan fingerprint density at radius 1 is 1.80 bits per heavy atom. The second-order valence-corrected chi connectivity index (χ2v) is 0.407. The molecule has 0 aromatic heterocycles. The van der Waals surface area contributed by atoms with E-state index < -0.39 is 5.97 Å². The molecule has 0 rings (SSSR count). The molecule has 0 amide bonds. The summed E-state index contributed by atoms with van der Waals surface area (Å²) in [7, 11) is 0. The monoisotopic (exact) mass is 73.0 g/mol. The molecule has 1 radical (unpaired) electrons. The minimum absolute atomic E-state index is 0.694. The smallest absolute Gasteiger partial charge is 0.381 e. The van der Waals surface area contributed by atoms with Crippen molar-refractivity contribution < 1.29 is 14.7 Å². The first-order valence-corrected chi connectivity index (χ1v) is 0.882. The fraction of sp³-hybridized carbons (Fsp3) is 0. The molecule has 0 atom stereocenters. The molecule has 0 heterocycles. The van der Waals surface area contributed by atoms with E-state index in [1.807, 2.05) is 0 Å². The zero-order valence-corrected chi connectivity index (χ0v) is 2.26. The molecule has 0 fully saturated rings. The molecule has 0 unspecified atom stereocenters. The van der Waals surface area contributed by atoms with Crippen LogP contribution in [0.3, 0.4) is 0 Å². The highest BCUT2D eigenvalue weighted by Crippen LogP contribution is 1.39. The van der Waals surface area contributed by atoms with Gasteiger partial charge in [-0.25, -0.2) is 4.79 Å². The van der Waals surface area contributed by atoms with Crippen molar-refractivity contribution in [2.45, 2.75) is 0 Å².